The van der Waals surface area contributed by atoms with E-state index in [0.29, 0.717) is 53.4 Å². The molecule has 1 heterocycles. The lowest BCUT2D eigenvalue weighted by molar-refractivity contribution is 0.0253. The summed E-state index contributed by atoms with van der Waals surface area (Å²) in [5.41, 5.74) is 1.48. The molecule has 1 fully saturated rings. The van der Waals surface area contributed by atoms with Crippen LogP contribution in [0.3, 0.4) is 0 Å². The Hall–Kier alpha value is -0.940. The molecular formula is C91H190O4. The van der Waals surface area contributed by atoms with Crippen molar-refractivity contribution in [2.24, 2.45) is 172 Å². The maximum Gasteiger partial charge on any atom is 0.0576 e. The summed E-state index contributed by atoms with van der Waals surface area (Å²) >= 11 is 0. The lowest BCUT2D eigenvalue weighted by Gasteiger charge is -2.35. The van der Waals surface area contributed by atoms with Crippen LogP contribution in [0.1, 0.15) is 342 Å². The first-order chi connectivity index (χ1) is 43.4. The van der Waals surface area contributed by atoms with Gasteiger partial charge in [-0.2, -0.15) is 0 Å². The van der Waals surface area contributed by atoms with Crippen LogP contribution in [0.15, 0.2) is 30.3 Å². The van der Waals surface area contributed by atoms with E-state index in [1.807, 2.05) is 6.92 Å². The highest BCUT2D eigenvalue weighted by Gasteiger charge is 2.30. The molecule has 0 radical (unpaired) electrons. The molecule has 0 bridgehead atoms. The van der Waals surface area contributed by atoms with Crippen LogP contribution < -0.4 is 0 Å². The fourth-order valence-electron chi connectivity index (χ4n) is 17.6. The van der Waals surface area contributed by atoms with Crippen LogP contribution >= 0.6 is 0 Å². The number of rotatable bonds is 29. The molecule has 1 N–H and O–H groups in total. The van der Waals surface area contributed by atoms with Crippen LogP contribution in [0.4, 0.5) is 0 Å². The Morgan fingerprint density at radius 1 is 0.358 bits per heavy atom. The summed E-state index contributed by atoms with van der Waals surface area (Å²) in [4.78, 5) is 0. The van der Waals surface area contributed by atoms with Crippen molar-refractivity contribution in [1.82, 2.24) is 0 Å². The third-order valence-electron chi connectivity index (χ3n) is 22.0. The molecule has 0 amide bonds. The molecule has 1 aliphatic rings. The molecule has 0 spiro atoms. The number of methoxy groups -OCH3 is 2. The van der Waals surface area contributed by atoms with Gasteiger partial charge in [0.05, 0.1) is 12.2 Å². The zero-order valence-corrected chi connectivity index (χ0v) is 74.5. The molecule has 95 heavy (non-hydrogen) atoms. The molecular weight excluding hydrogens is 1160 g/mol. The van der Waals surface area contributed by atoms with Crippen molar-refractivity contribution in [3.63, 3.8) is 0 Å². The first-order valence-electron chi connectivity index (χ1n) is 40.7. The largest absolute Gasteiger partial charge is 0.393 e. The van der Waals surface area contributed by atoms with Gasteiger partial charge in [0.25, 0.3) is 0 Å². The van der Waals surface area contributed by atoms with Crippen molar-refractivity contribution in [1.29, 1.82) is 0 Å². The van der Waals surface area contributed by atoms with Crippen LogP contribution in [0.5, 0.6) is 0 Å². The van der Waals surface area contributed by atoms with E-state index in [1.54, 1.807) is 14.2 Å². The van der Waals surface area contributed by atoms with E-state index < -0.39 is 0 Å². The van der Waals surface area contributed by atoms with Crippen LogP contribution in [0.25, 0.3) is 0 Å². The lowest BCUT2D eigenvalue weighted by atomic mass is 9.73. The number of hydrogen-bond acceptors (Lipinski definition) is 4. The lowest BCUT2D eigenvalue weighted by Crippen LogP contribution is -2.30. The van der Waals surface area contributed by atoms with Crippen LogP contribution in [0, 0.1) is 172 Å². The molecule has 1 saturated heterocycles. The van der Waals surface area contributed by atoms with Crippen LogP contribution in [-0.2, 0) is 14.2 Å². The second kappa shape index (κ2) is 61.7. The molecule has 3 unspecified atom stereocenters. The Kier molecular flexibility index (Phi) is 69.8. The van der Waals surface area contributed by atoms with Gasteiger partial charge >= 0.3 is 0 Å². The van der Waals surface area contributed by atoms with E-state index in [2.05, 4.69) is 328 Å². The predicted octanol–water partition coefficient (Wildman–Crippen LogP) is 29.0. The fraction of sp³-hybridized carbons (Fsp3) is 0.934. The van der Waals surface area contributed by atoms with Crippen molar-refractivity contribution >= 4 is 0 Å². The quantitative estimate of drug-likeness (QED) is 0.0868. The van der Waals surface area contributed by atoms with Crippen molar-refractivity contribution in [2.45, 2.75) is 348 Å². The molecule has 4 nitrogen and oxygen atoms in total. The molecule has 0 saturated carbocycles. The minimum absolute atomic E-state index is 0.167. The minimum Gasteiger partial charge on any atom is -0.393 e. The molecule has 0 aromatic heterocycles. The molecule has 1 aromatic rings. The van der Waals surface area contributed by atoms with Gasteiger partial charge in [-0.05, 0) is 210 Å². The van der Waals surface area contributed by atoms with Crippen LogP contribution in [0.2, 0.25) is 0 Å². The van der Waals surface area contributed by atoms with Crippen molar-refractivity contribution in [2.75, 3.05) is 34.0 Å². The van der Waals surface area contributed by atoms with Crippen molar-refractivity contribution in [3.8, 4) is 0 Å². The first kappa shape index (κ1) is 107. The highest BCUT2D eigenvalue weighted by atomic mass is 16.5. The molecule has 1 aromatic carbocycles. The summed E-state index contributed by atoms with van der Waals surface area (Å²) < 4.78 is 15.9. The summed E-state index contributed by atoms with van der Waals surface area (Å²) in [6, 6.07) is 10.8. The van der Waals surface area contributed by atoms with Gasteiger partial charge in [-0.15, -0.1) is 0 Å². The van der Waals surface area contributed by atoms with Crippen LogP contribution in [-0.4, -0.2) is 51.4 Å². The van der Waals surface area contributed by atoms with E-state index in [0.717, 1.165) is 150 Å². The van der Waals surface area contributed by atoms with Crippen molar-refractivity contribution in [3.05, 3.63) is 35.9 Å². The fourth-order valence-corrected chi connectivity index (χ4v) is 17.6. The van der Waals surface area contributed by atoms with Gasteiger partial charge < -0.3 is 19.3 Å². The number of benzene rings is 1. The van der Waals surface area contributed by atoms with E-state index in [4.69, 9.17) is 14.2 Å². The number of aliphatic hydroxyl groups excluding tert-OH is 1. The third kappa shape index (κ3) is 53.5. The van der Waals surface area contributed by atoms with Gasteiger partial charge in [-0.25, -0.2) is 0 Å². The normalized spacial score (nSPS) is 14.2. The van der Waals surface area contributed by atoms with Gasteiger partial charge in [0.1, 0.15) is 0 Å². The maximum atomic E-state index is 9.35. The smallest absolute Gasteiger partial charge is 0.0576 e. The Bertz CT molecular complexity index is 1540. The summed E-state index contributed by atoms with van der Waals surface area (Å²) in [6.45, 7) is 103. The standard InChI is InChI=1S/C13H20.C12H24O.C11H24.C10H22O.C10H22.2C9H20O.C9H20.C8H18/c1-10(2)13(11(3)4)12-8-6-5-7-9-12;1-9(2)12(10(3)4)11-5-7-13-8-6-11;1-7-10(6)11(8(2)3)9(4)5;1-7(2)10(8(3)4)9(5)11-6;1-7(2)10(8(3)4)9(5)6;1-7(2)9(6-10-5)8(3)4;1-6(2)9(7(3)4)8(5)10;1-6-9(7(2)3)8(4)5;1-6(2)8(5)7(3)4/h5-11,13H,1-4H3;9-12H,5-8H2,1-4H3;8-11H,7H2,1-6H3;7-10H,1-6H3;7-10H,1-6H3;7-9H,6H2,1-5H3;6-10H,1-5H3;7-9H,6H2,1-5H3;6-8H,1-5H3. The Morgan fingerprint density at radius 2 is 0.674 bits per heavy atom. The second-order valence-electron chi connectivity index (χ2n) is 36.5. The molecule has 3 atom stereocenters. The van der Waals surface area contributed by atoms with Gasteiger partial charge in [-0.1, -0.05) is 334 Å². The van der Waals surface area contributed by atoms with Gasteiger partial charge in [0.15, 0.2) is 0 Å². The van der Waals surface area contributed by atoms with E-state index in [-0.39, 0.29) is 6.10 Å². The zero-order valence-electron chi connectivity index (χ0n) is 74.5. The average molecular weight is 1350 g/mol. The molecule has 0 aliphatic carbocycles. The number of aliphatic hydroxyl groups is 1. The summed E-state index contributed by atoms with van der Waals surface area (Å²) in [6.07, 6.45) is 5.42. The van der Waals surface area contributed by atoms with E-state index >= 15 is 0 Å². The molecule has 578 valence electrons. The third-order valence-corrected chi connectivity index (χ3v) is 22.0. The highest BCUT2D eigenvalue weighted by molar-refractivity contribution is 5.20. The summed E-state index contributed by atoms with van der Waals surface area (Å²) in [7, 11) is 3.57. The monoisotopic (exact) mass is 1350 g/mol. The second-order valence-corrected chi connectivity index (χ2v) is 36.5. The maximum absolute atomic E-state index is 9.35. The summed E-state index contributed by atoms with van der Waals surface area (Å²) in [5, 5.41) is 9.35. The predicted molar refractivity (Wildman–Crippen MR) is 438 cm³/mol. The van der Waals surface area contributed by atoms with Gasteiger partial charge in [0.2, 0.25) is 0 Å². The number of ether oxygens (including phenoxy) is 3. The highest BCUT2D eigenvalue weighted by Crippen LogP contribution is 2.36. The topological polar surface area (TPSA) is 47.9 Å². The number of hydrogen-bond donors (Lipinski definition) is 1. The van der Waals surface area contributed by atoms with Crippen molar-refractivity contribution < 1.29 is 19.3 Å². The minimum atomic E-state index is -0.167. The summed E-state index contributed by atoms with van der Waals surface area (Å²) in [5.74, 6) is 23.5. The van der Waals surface area contributed by atoms with Gasteiger partial charge in [-0.3, -0.25) is 0 Å². The average Bonchev–Trinajstić information content (AvgIpc) is 0.962. The SMILES string of the molecule is CC(C)C(C(C)C)C(C)C.CC(C)C(C(C)C)C(C)O.CC(C)C(C(C)C)C1CCOCC1.CC(C)C(C)C(C)C.CC(C)C(c1ccccc1)C(C)C.CCC(C(C)C)C(C)C.CCC(C)C(C(C)C)C(C)C.COC(C)C(C(C)C)C(C)C.COCC(C(C)C)C(C)C. The first-order valence-corrected chi connectivity index (χ1v) is 40.7. The van der Waals surface area contributed by atoms with Gasteiger partial charge in [0, 0.05) is 34.0 Å². The zero-order chi connectivity index (χ0) is 76.7. The molecule has 4 heteroatoms. The Morgan fingerprint density at radius 3 is 0.811 bits per heavy atom. The molecule has 1 aliphatic heterocycles. The molecule has 2 rings (SSSR count). The van der Waals surface area contributed by atoms with E-state index in [1.165, 1.54) is 31.2 Å². The Balaban J connectivity index is -0.000000184. The van der Waals surface area contributed by atoms with E-state index in [9.17, 15) is 5.11 Å². The Labute approximate surface area is 606 Å².